The van der Waals surface area contributed by atoms with E-state index in [2.05, 4.69) is 13.8 Å². The molecule has 0 aromatic carbocycles. The van der Waals surface area contributed by atoms with Crippen LogP contribution < -0.4 is 5.73 Å². The summed E-state index contributed by atoms with van der Waals surface area (Å²) in [5, 5.41) is 0. The molecule has 2 atom stereocenters. The van der Waals surface area contributed by atoms with Gasteiger partial charge in [-0.2, -0.15) is 0 Å². The SMILES string of the molecule is CC1CCCC(C)C1N. The number of hydrogen-bond acceptors (Lipinski definition) is 1. The molecule has 0 amide bonds. The summed E-state index contributed by atoms with van der Waals surface area (Å²) in [6.07, 6.45) is 4.06. The maximum Gasteiger partial charge on any atom is 0.00903 e. The molecule has 0 saturated heterocycles. The average molecular weight is 127 g/mol. The van der Waals surface area contributed by atoms with Crippen molar-refractivity contribution in [3.63, 3.8) is 0 Å². The lowest BCUT2D eigenvalue weighted by atomic mass is 9.79. The molecule has 1 aliphatic rings. The fourth-order valence-electron chi connectivity index (χ4n) is 1.71. The highest BCUT2D eigenvalue weighted by atomic mass is 14.7. The van der Waals surface area contributed by atoms with Gasteiger partial charge in [0.25, 0.3) is 0 Å². The first kappa shape index (κ1) is 7.07. The second-order valence-corrected chi connectivity index (χ2v) is 3.46. The lowest BCUT2D eigenvalue weighted by molar-refractivity contribution is 0.251. The van der Waals surface area contributed by atoms with E-state index in [4.69, 9.17) is 5.73 Å². The summed E-state index contributed by atoms with van der Waals surface area (Å²) in [4.78, 5) is 0. The van der Waals surface area contributed by atoms with E-state index in [0.29, 0.717) is 6.04 Å². The van der Waals surface area contributed by atoms with E-state index in [1.54, 1.807) is 0 Å². The molecule has 9 heavy (non-hydrogen) atoms. The predicted octanol–water partition coefficient (Wildman–Crippen LogP) is 1.77. The van der Waals surface area contributed by atoms with Crippen molar-refractivity contribution in [3.8, 4) is 0 Å². The lowest BCUT2D eigenvalue weighted by Gasteiger charge is -2.31. The molecule has 1 saturated carbocycles. The van der Waals surface area contributed by atoms with E-state index < -0.39 is 0 Å². The monoisotopic (exact) mass is 127 g/mol. The van der Waals surface area contributed by atoms with E-state index >= 15 is 0 Å². The molecular formula is C8H17N. The first-order valence-corrected chi connectivity index (χ1v) is 3.97. The van der Waals surface area contributed by atoms with E-state index in [9.17, 15) is 0 Å². The lowest BCUT2D eigenvalue weighted by Crippen LogP contribution is -2.37. The minimum atomic E-state index is 0.471. The van der Waals surface area contributed by atoms with Crippen molar-refractivity contribution in [2.24, 2.45) is 17.6 Å². The average Bonchev–Trinajstić information content (AvgIpc) is 1.83. The molecule has 1 rings (SSSR count). The summed E-state index contributed by atoms with van der Waals surface area (Å²) in [6.45, 7) is 4.53. The minimum Gasteiger partial charge on any atom is -0.327 e. The maximum atomic E-state index is 5.92. The van der Waals surface area contributed by atoms with Crippen LogP contribution in [0.25, 0.3) is 0 Å². The zero-order valence-electron chi connectivity index (χ0n) is 6.43. The Morgan fingerprint density at radius 3 is 1.89 bits per heavy atom. The summed E-state index contributed by atoms with van der Waals surface area (Å²) in [7, 11) is 0. The predicted molar refractivity (Wildman–Crippen MR) is 40.2 cm³/mol. The van der Waals surface area contributed by atoms with E-state index in [0.717, 1.165) is 11.8 Å². The van der Waals surface area contributed by atoms with Gasteiger partial charge in [0, 0.05) is 6.04 Å². The van der Waals surface area contributed by atoms with Gasteiger partial charge in [-0.3, -0.25) is 0 Å². The van der Waals surface area contributed by atoms with Gasteiger partial charge in [-0.1, -0.05) is 20.3 Å². The summed E-state index contributed by atoms with van der Waals surface area (Å²) in [5.74, 6) is 1.52. The van der Waals surface area contributed by atoms with Crippen molar-refractivity contribution in [2.45, 2.75) is 39.2 Å². The van der Waals surface area contributed by atoms with Crippen LogP contribution in [0.15, 0.2) is 0 Å². The molecule has 0 heterocycles. The van der Waals surface area contributed by atoms with Crippen molar-refractivity contribution < 1.29 is 0 Å². The van der Waals surface area contributed by atoms with E-state index in [1.165, 1.54) is 19.3 Å². The van der Waals surface area contributed by atoms with Crippen LogP contribution in [0.3, 0.4) is 0 Å². The third-order valence-electron chi connectivity index (χ3n) is 2.63. The molecule has 2 N–H and O–H groups in total. The molecule has 0 bridgehead atoms. The Morgan fingerprint density at radius 2 is 1.56 bits per heavy atom. The van der Waals surface area contributed by atoms with Crippen LogP contribution in [-0.4, -0.2) is 6.04 Å². The summed E-state index contributed by atoms with van der Waals surface area (Å²) < 4.78 is 0. The normalized spacial score (nSPS) is 45.0. The largest absolute Gasteiger partial charge is 0.327 e. The highest BCUT2D eigenvalue weighted by Crippen LogP contribution is 2.26. The Hall–Kier alpha value is -0.0400. The number of rotatable bonds is 0. The molecule has 54 valence electrons. The molecule has 0 aromatic heterocycles. The number of nitrogens with two attached hydrogens (primary N) is 1. The van der Waals surface area contributed by atoms with Gasteiger partial charge in [-0.25, -0.2) is 0 Å². The molecular weight excluding hydrogens is 110 g/mol. The van der Waals surface area contributed by atoms with Gasteiger partial charge < -0.3 is 5.73 Å². The molecule has 0 aromatic rings. The van der Waals surface area contributed by atoms with Crippen LogP contribution in [0.5, 0.6) is 0 Å². The summed E-state index contributed by atoms with van der Waals surface area (Å²) in [5.41, 5.74) is 5.92. The standard InChI is InChI=1S/C8H17N/c1-6-4-3-5-7(2)8(6)9/h6-8H,3-5,9H2,1-2H3. The van der Waals surface area contributed by atoms with Crippen LogP contribution in [0.1, 0.15) is 33.1 Å². The maximum absolute atomic E-state index is 5.92. The smallest absolute Gasteiger partial charge is 0.00903 e. The highest BCUT2D eigenvalue weighted by Gasteiger charge is 2.23. The Morgan fingerprint density at radius 1 is 1.11 bits per heavy atom. The van der Waals surface area contributed by atoms with Crippen molar-refractivity contribution in [2.75, 3.05) is 0 Å². The highest BCUT2D eigenvalue weighted by molar-refractivity contribution is 4.79. The quantitative estimate of drug-likeness (QED) is 0.527. The molecule has 0 radical (unpaired) electrons. The van der Waals surface area contributed by atoms with Crippen LogP contribution in [0.2, 0.25) is 0 Å². The Kier molecular flexibility index (Phi) is 2.12. The second kappa shape index (κ2) is 2.70. The van der Waals surface area contributed by atoms with Gasteiger partial charge in [0.15, 0.2) is 0 Å². The number of hydrogen-bond donors (Lipinski definition) is 1. The van der Waals surface area contributed by atoms with Crippen LogP contribution in [0.4, 0.5) is 0 Å². The van der Waals surface area contributed by atoms with Crippen molar-refractivity contribution in [1.29, 1.82) is 0 Å². The summed E-state index contributed by atoms with van der Waals surface area (Å²) >= 11 is 0. The van der Waals surface area contributed by atoms with Crippen molar-refractivity contribution in [1.82, 2.24) is 0 Å². The molecule has 1 fully saturated rings. The van der Waals surface area contributed by atoms with Crippen molar-refractivity contribution in [3.05, 3.63) is 0 Å². The zero-order chi connectivity index (χ0) is 6.85. The van der Waals surface area contributed by atoms with Gasteiger partial charge in [-0.15, -0.1) is 0 Å². The third kappa shape index (κ3) is 1.45. The molecule has 0 aliphatic heterocycles. The molecule has 1 aliphatic carbocycles. The van der Waals surface area contributed by atoms with Gasteiger partial charge in [-0.05, 0) is 24.7 Å². The molecule has 1 nitrogen and oxygen atoms in total. The minimum absolute atomic E-state index is 0.471. The van der Waals surface area contributed by atoms with Gasteiger partial charge in [0.2, 0.25) is 0 Å². The fraction of sp³-hybridized carbons (Fsp3) is 1.00. The summed E-state index contributed by atoms with van der Waals surface area (Å²) in [6, 6.07) is 0.471. The zero-order valence-corrected chi connectivity index (χ0v) is 6.43. The van der Waals surface area contributed by atoms with Gasteiger partial charge >= 0.3 is 0 Å². The Balaban J connectivity index is 2.41. The fourth-order valence-corrected chi connectivity index (χ4v) is 1.71. The van der Waals surface area contributed by atoms with E-state index in [1.807, 2.05) is 0 Å². The first-order chi connectivity index (χ1) is 4.22. The molecule has 0 spiro atoms. The van der Waals surface area contributed by atoms with Gasteiger partial charge in [0.05, 0.1) is 0 Å². The van der Waals surface area contributed by atoms with Crippen LogP contribution >= 0.6 is 0 Å². The Bertz CT molecular complexity index is 80.6. The second-order valence-electron chi connectivity index (χ2n) is 3.46. The van der Waals surface area contributed by atoms with Crippen LogP contribution in [-0.2, 0) is 0 Å². The van der Waals surface area contributed by atoms with Crippen molar-refractivity contribution >= 4 is 0 Å². The Labute approximate surface area is 57.6 Å². The molecule has 2 unspecified atom stereocenters. The van der Waals surface area contributed by atoms with Gasteiger partial charge in [0.1, 0.15) is 0 Å². The van der Waals surface area contributed by atoms with Crippen LogP contribution in [0, 0.1) is 11.8 Å². The first-order valence-electron chi connectivity index (χ1n) is 3.97. The third-order valence-corrected chi connectivity index (χ3v) is 2.63. The van der Waals surface area contributed by atoms with E-state index in [-0.39, 0.29) is 0 Å². The topological polar surface area (TPSA) is 26.0 Å². The molecule has 1 heteroatoms.